The summed E-state index contributed by atoms with van der Waals surface area (Å²) >= 11 is 0. The van der Waals surface area contributed by atoms with E-state index in [1.807, 2.05) is 61.5 Å². The van der Waals surface area contributed by atoms with E-state index < -0.39 is 11.7 Å². The molecular formula is C22H22F3NO. The number of rotatable bonds is 6. The van der Waals surface area contributed by atoms with Crippen molar-refractivity contribution in [3.8, 4) is 5.75 Å². The maximum Gasteiger partial charge on any atom is 0.416 e. The lowest BCUT2D eigenvalue weighted by Crippen LogP contribution is -2.22. The molecule has 0 spiro atoms. The van der Waals surface area contributed by atoms with Crippen LogP contribution in [0.3, 0.4) is 0 Å². The molecule has 0 aromatic heterocycles. The zero-order valence-electron chi connectivity index (χ0n) is 15.3. The Balaban J connectivity index is 1.74. The first-order valence-corrected chi connectivity index (χ1v) is 8.80. The van der Waals surface area contributed by atoms with Crippen LogP contribution in [0.5, 0.6) is 5.75 Å². The summed E-state index contributed by atoms with van der Waals surface area (Å²) in [5.41, 5.74) is 0.0122. The van der Waals surface area contributed by atoms with Crippen molar-refractivity contribution < 1.29 is 17.9 Å². The summed E-state index contributed by atoms with van der Waals surface area (Å²) in [5.74, 6) is 0.787. The lowest BCUT2D eigenvalue weighted by Gasteiger charge is -2.25. The molecule has 0 aliphatic rings. The Bertz CT molecular complexity index is 900. The van der Waals surface area contributed by atoms with Crippen LogP contribution in [-0.2, 0) is 6.18 Å². The van der Waals surface area contributed by atoms with Crippen molar-refractivity contribution in [3.63, 3.8) is 0 Å². The Labute approximate surface area is 157 Å². The number of alkyl halides is 3. The van der Waals surface area contributed by atoms with Crippen LogP contribution in [0, 0.1) is 0 Å². The molecule has 0 aliphatic heterocycles. The Kier molecular flexibility index (Phi) is 5.71. The molecule has 0 saturated heterocycles. The largest absolute Gasteiger partial charge is 0.493 e. The van der Waals surface area contributed by atoms with E-state index in [2.05, 4.69) is 0 Å². The van der Waals surface area contributed by atoms with Crippen LogP contribution in [0.25, 0.3) is 10.8 Å². The van der Waals surface area contributed by atoms with Crippen LogP contribution in [0.15, 0.2) is 66.7 Å². The first-order valence-electron chi connectivity index (χ1n) is 8.80. The van der Waals surface area contributed by atoms with Gasteiger partial charge in [-0.25, -0.2) is 0 Å². The standard InChI is InChI=1S/C22H22F3NO/c1-26(2)20(17-9-5-10-18(15-17)22(23,24)25)13-14-27-21-12-6-8-16-7-3-4-11-19(16)21/h3-12,15,20H,13-14H2,1-2H3/t20-/m0/s1. The Morgan fingerprint density at radius 2 is 1.63 bits per heavy atom. The predicted molar refractivity (Wildman–Crippen MR) is 102 cm³/mol. The SMILES string of the molecule is CN(C)[C@@H](CCOc1cccc2ccccc12)c1cccc(C(F)(F)F)c1. The van der Waals surface area contributed by atoms with E-state index in [-0.39, 0.29) is 6.04 Å². The van der Waals surface area contributed by atoms with Crippen molar-refractivity contribution in [3.05, 3.63) is 77.9 Å². The summed E-state index contributed by atoms with van der Waals surface area (Å²) in [7, 11) is 3.73. The summed E-state index contributed by atoms with van der Waals surface area (Å²) in [4.78, 5) is 1.92. The normalized spacial score (nSPS) is 13.1. The van der Waals surface area contributed by atoms with Crippen LogP contribution in [0.2, 0.25) is 0 Å². The fourth-order valence-corrected chi connectivity index (χ4v) is 3.25. The second-order valence-electron chi connectivity index (χ2n) is 6.72. The number of halogens is 3. The smallest absolute Gasteiger partial charge is 0.416 e. The molecule has 0 saturated carbocycles. The molecule has 2 nitrogen and oxygen atoms in total. The number of hydrogen-bond acceptors (Lipinski definition) is 2. The van der Waals surface area contributed by atoms with Crippen molar-refractivity contribution >= 4 is 10.8 Å². The monoisotopic (exact) mass is 373 g/mol. The van der Waals surface area contributed by atoms with E-state index >= 15 is 0 Å². The molecule has 0 fully saturated rings. The quantitative estimate of drug-likeness (QED) is 0.531. The van der Waals surface area contributed by atoms with E-state index in [9.17, 15) is 13.2 Å². The van der Waals surface area contributed by atoms with E-state index in [0.29, 0.717) is 18.6 Å². The van der Waals surface area contributed by atoms with Gasteiger partial charge in [-0.1, -0.05) is 48.5 Å². The average molecular weight is 373 g/mol. The molecule has 0 N–H and O–H groups in total. The maximum absolute atomic E-state index is 13.0. The molecule has 0 bridgehead atoms. The Hall–Kier alpha value is -2.53. The molecule has 0 unspecified atom stereocenters. The van der Waals surface area contributed by atoms with Gasteiger partial charge in [0, 0.05) is 17.8 Å². The van der Waals surface area contributed by atoms with Crippen LogP contribution >= 0.6 is 0 Å². The molecule has 3 aromatic rings. The maximum atomic E-state index is 13.0. The van der Waals surface area contributed by atoms with Gasteiger partial charge in [-0.05, 0) is 43.2 Å². The van der Waals surface area contributed by atoms with Crippen molar-refractivity contribution in [1.82, 2.24) is 4.90 Å². The lowest BCUT2D eigenvalue weighted by molar-refractivity contribution is -0.137. The Morgan fingerprint density at radius 1 is 0.926 bits per heavy atom. The molecule has 1 atom stereocenters. The van der Waals surface area contributed by atoms with Gasteiger partial charge < -0.3 is 9.64 Å². The van der Waals surface area contributed by atoms with Gasteiger partial charge >= 0.3 is 6.18 Å². The highest BCUT2D eigenvalue weighted by Gasteiger charge is 2.31. The summed E-state index contributed by atoms with van der Waals surface area (Å²) in [6.45, 7) is 0.410. The number of ether oxygens (including phenoxy) is 1. The van der Waals surface area contributed by atoms with E-state index in [1.165, 1.54) is 12.1 Å². The average Bonchev–Trinajstić information content (AvgIpc) is 2.64. The van der Waals surface area contributed by atoms with Crippen LogP contribution in [0.4, 0.5) is 13.2 Å². The molecule has 5 heteroatoms. The summed E-state index contributed by atoms with van der Waals surface area (Å²) in [6, 6.07) is 19.2. The molecule has 142 valence electrons. The zero-order valence-corrected chi connectivity index (χ0v) is 15.3. The third-order valence-electron chi connectivity index (χ3n) is 4.62. The van der Waals surface area contributed by atoms with Gasteiger partial charge in [0.2, 0.25) is 0 Å². The summed E-state index contributed by atoms with van der Waals surface area (Å²) in [5, 5.41) is 2.12. The number of benzene rings is 3. The Morgan fingerprint density at radius 3 is 2.37 bits per heavy atom. The second kappa shape index (κ2) is 8.01. The van der Waals surface area contributed by atoms with E-state index in [1.54, 1.807) is 6.07 Å². The van der Waals surface area contributed by atoms with Crippen LogP contribution in [0.1, 0.15) is 23.6 Å². The molecular weight excluding hydrogens is 351 g/mol. The first-order chi connectivity index (χ1) is 12.9. The highest BCUT2D eigenvalue weighted by Crippen LogP contribution is 2.32. The van der Waals surface area contributed by atoms with Crippen LogP contribution < -0.4 is 4.74 Å². The van der Waals surface area contributed by atoms with Crippen molar-refractivity contribution in [2.24, 2.45) is 0 Å². The molecule has 0 heterocycles. The number of nitrogens with zero attached hydrogens (tertiary/aromatic N) is 1. The van der Waals surface area contributed by atoms with Gasteiger partial charge in [-0.15, -0.1) is 0 Å². The molecule has 0 radical (unpaired) electrons. The van der Waals surface area contributed by atoms with Crippen molar-refractivity contribution in [1.29, 1.82) is 0 Å². The van der Waals surface area contributed by atoms with Gasteiger partial charge in [0.1, 0.15) is 5.75 Å². The third kappa shape index (κ3) is 4.61. The van der Waals surface area contributed by atoms with Gasteiger partial charge in [0.15, 0.2) is 0 Å². The third-order valence-corrected chi connectivity index (χ3v) is 4.62. The van der Waals surface area contributed by atoms with Crippen molar-refractivity contribution in [2.75, 3.05) is 20.7 Å². The zero-order chi connectivity index (χ0) is 19.4. The van der Waals surface area contributed by atoms with Crippen LogP contribution in [-0.4, -0.2) is 25.6 Å². The van der Waals surface area contributed by atoms with Gasteiger partial charge in [0.25, 0.3) is 0 Å². The highest BCUT2D eigenvalue weighted by molar-refractivity contribution is 5.88. The minimum atomic E-state index is -4.34. The minimum Gasteiger partial charge on any atom is -0.493 e. The second-order valence-corrected chi connectivity index (χ2v) is 6.72. The fraction of sp³-hybridized carbons (Fsp3) is 0.273. The minimum absolute atomic E-state index is 0.165. The highest BCUT2D eigenvalue weighted by atomic mass is 19.4. The first kappa shape index (κ1) is 19.2. The molecule has 3 aromatic carbocycles. The summed E-state index contributed by atoms with van der Waals surface area (Å²) < 4.78 is 45.0. The van der Waals surface area contributed by atoms with Gasteiger partial charge in [-0.3, -0.25) is 0 Å². The van der Waals surface area contributed by atoms with Gasteiger partial charge in [0.05, 0.1) is 12.2 Å². The topological polar surface area (TPSA) is 12.5 Å². The molecule has 27 heavy (non-hydrogen) atoms. The molecule has 3 rings (SSSR count). The summed E-state index contributed by atoms with van der Waals surface area (Å²) in [6.07, 6.45) is -3.76. The molecule has 0 amide bonds. The number of hydrogen-bond donors (Lipinski definition) is 0. The fourth-order valence-electron chi connectivity index (χ4n) is 3.25. The van der Waals surface area contributed by atoms with E-state index in [4.69, 9.17) is 4.74 Å². The molecule has 0 aliphatic carbocycles. The van der Waals surface area contributed by atoms with E-state index in [0.717, 1.165) is 22.6 Å². The van der Waals surface area contributed by atoms with Gasteiger partial charge in [-0.2, -0.15) is 13.2 Å². The lowest BCUT2D eigenvalue weighted by atomic mass is 10.0. The number of fused-ring (bicyclic) bond motifs is 1. The predicted octanol–water partition coefficient (Wildman–Crippen LogP) is 5.93. The van der Waals surface area contributed by atoms with Crippen molar-refractivity contribution in [2.45, 2.75) is 18.6 Å².